The van der Waals surface area contributed by atoms with Crippen molar-refractivity contribution in [1.29, 1.82) is 0 Å². The van der Waals surface area contributed by atoms with Crippen molar-refractivity contribution in [2.24, 2.45) is 5.92 Å². The van der Waals surface area contributed by atoms with Crippen LogP contribution in [0.1, 0.15) is 41.6 Å². The first-order valence-electron chi connectivity index (χ1n) is 9.94. The van der Waals surface area contributed by atoms with Crippen LogP contribution < -0.4 is 10.9 Å². The van der Waals surface area contributed by atoms with E-state index in [1.807, 2.05) is 18.2 Å². The van der Waals surface area contributed by atoms with Crippen molar-refractivity contribution < 1.29 is 4.79 Å². The van der Waals surface area contributed by atoms with Crippen LogP contribution in [0.15, 0.2) is 35.1 Å². The largest absolute Gasteiger partial charge is 0.356 e. The van der Waals surface area contributed by atoms with Crippen molar-refractivity contribution in [3.05, 3.63) is 62.5 Å². The van der Waals surface area contributed by atoms with Crippen LogP contribution in [-0.2, 0) is 30.5 Å². The summed E-state index contributed by atoms with van der Waals surface area (Å²) in [6, 6.07) is 10.1. The maximum absolute atomic E-state index is 12.6. The van der Waals surface area contributed by atoms with Gasteiger partial charge in [0.1, 0.15) is 10.7 Å². The van der Waals surface area contributed by atoms with Crippen LogP contribution in [0.4, 0.5) is 0 Å². The summed E-state index contributed by atoms with van der Waals surface area (Å²) in [4.78, 5) is 34.4. The van der Waals surface area contributed by atoms with Gasteiger partial charge in [0.15, 0.2) is 0 Å². The van der Waals surface area contributed by atoms with Crippen LogP contribution in [-0.4, -0.2) is 22.4 Å². The zero-order valence-electron chi connectivity index (χ0n) is 16.1. The minimum Gasteiger partial charge on any atom is -0.356 e. The van der Waals surface area contributed by atoms with Gasteiger partial charge >= 0.3 is 0 Å². The number of aromatic amines is 1. The lowest BCUT2D eigenvalue weighted by Crippen LogP contribution is -2.26. The number of H-pyrrole nitrogens is 1. The Hall–Kier alpha value is -2.47. The number of thiophene rings is 1. The molecule has 1 atom stereocenters. The Morgan fingerprint density at radius 2 is 2.11 bits per heavy atom. The average Bonchev–Trinajstić information content (AvgIpc) is 3.05. The second-order valence-electron chi connectivity index (χ2n) is 7.63. The number of aryl methyl sites for hydroxylation is 2. The molecule has 0 fully saturated rings. The lowest BCUT2D eigenvalue weighted by molar-refractivity contribution is -0.121. The van der Waals surface area contributed by atoms with E-state index in [1.165, 1.54) is 16.0 Å². The summed E-state index contributed by atoms with van der Waals surface area (Å²) < 4.78 is 0. The number of hydrogen-bond acceptors (Lipinski definition) is 4. The van der Waals surface area contributed by atoms with E-state index in [0.29, 0.717) is 31.1 Å². The molecule has 2 aromatic heterocycles. The number of fused-ring (bicyclic) bond motifs is 3. The first-order valence-corrected chi connectivity index (χ1v) is 10.8. The third-order valence-electron chi connectivity index (χ3n) is 5.38. The lowest BCUT2D eigenvalue weighted by atomic mass is 9.89. The minimum atomic E-state index is -0.0588. The summed E-state index contributed by atoms with van der Waals surface area (Å²) in [5.74, 6) is 1.25. The Morgan fingerprint density at radius 3 is 2.93 bits per heavy atom. The van der Waals surface area contributed by atoms with Gasteiger partial charge in [0.05, 0.1) is 5.39 Å². The van der Waals surface area contributed by atoms with Gasteiger partial charge in [-0.3, -0.25) is 9.59 Å². The Morgan fingerprint density at radius 1 is 1.29 bits per heavy atom. The monoisotopic (exact) mass is 395 g/mol. The molecule has 0 aliphatic heterocycles. The van der Waals surface area contributed by atoms with Gasteiger partial charge in [-0.25, -0.2) is 4.98 Å². The molecule has 28 heavy (non-hydrogen) atoms. The first kappa shape index (κ1) is 18.9. The van der Waals surface area contributed by atoms with Gasteiger partial charge in [-0.2, -0.15) is 0 Å². The number of rotatable bonds is 6. The molecule has 5 nitrogen and oxygen atoms in total. The number of carbonyl (C=O) groups is 1. The van der Waals surface area contributed by atoms with E-state index in [-0.39, 0.29) is 11.5 Å². The molecule has 1 unspecified atom stereocenters. The van der Waals surface area contributed by atoms with E-state index in [1.54, 1.807) is 11.3 Å². The quantitative estimate of drug-likeness (QED) is 0.672. The fourth-order valence-electron chi connectivity index (χ4n) is 3.82. The number of benzene rings is 1. The normalized spacial score (nSPS) is 16.1. The number of nitrogens with zero attached hydrogens (tertiary/aromatic N) is 1. The zero-order valence-corrected chi connectivity index (χ0v) is 16.9. The molecule has 0 spiro atoms. The number of nitrogens with one attached hydrogen (secondary N) is 2. The Balaban J connectivity index is 1.37. The molecule has 0 radical (unpaired) electrons. The molecule has 1 aromatic carbocycles. The van der Waals surface area contributed by atoms with Crippen LogP contribution in [0.3, 0.4) is 0 Å². The van der Waals surface area contributed by atoms with Gasteiger partial charge in [-0.15, -0.1) is 11.3 Å². The van der Waals surface area contributed by atoms with Gasteiger partial charge in [0, 0.05) is 24.3 Å². The highest BCUT2D eigenvalue weighted by molar-refractivity contribution is 7.18. The molecular formula is C22H25N3O2S. The standard InChI is InChI=1S/C22H25N3O2S/c1-14-7-8-16-17(13-14)28-22-20(16)21(27)24-18(25-22)9-10-19(26)23-12-11-15-5-3-2-4-6-15/h2-6,14H,7-13H2,1H3,(H,23,26)(H,24,25,27). The van der Waals surface area contributed by atoms with E-state index in [0.717, 1.165) is 35.9 Å². The molecule has 6 heteroatoms. The summed E-state index contributed by atoms with van der Waals surface area (Å²) >= 11 is 1.65. The topological polar surface area (TPSA) is 74.8 Å². The maximum Gasteiger partial charge on any atom is 0.259 e. The average molecular weight is 396 g/mol. The molecule has 2 N–H and O–H groups in total. The van der Waals surface area contributed by atoms with E-state index < -0.39 is 0 Å². The highest BCUT2D eigenvalue weighted by Gasteiger charge is 2.23. The van der Waals surface area contributed by atoms with Gasteiger partial charge in [0.25, 0.3) is 5.56 Å². The number of aromatic nitrogens is 2. The summed E-state index contributed by atoms with van der Waals surface area (Å²) in [5, 5.41) is 3.71. The summed E-state index contributed by atoms with van der Waals surface area (Å²) in [7, 11) is 0. The Kier molecular flexibility index (Phi) is 5.57. The molecule has 1 aliphatic rings. The number of amides is 1. The van der Waals surface area contributed by atoms with Crippen LogP contribution in [0.2, 0.25) is 0 Å². The molecule has 1 aliphatic carbocycles. The minimum absolute atomic E-state index is 0.0158. The maximum atomic E-state index is 12.6. The van der Waals surface area contributed by atoms with E-state index in [9.17, 15) is 9.59 Å². The smallest absolute Gasteiger partial charge is 0.259 e. The SMILES string of the molecule is CC1CCc2c(sc3nc(CCC(=O)NCCc4ccccc4)[nH]c(=O)c23)C1. The Bertz CT molecular complexity index is 1040. The molecule has 0 saturated carbocycles. The van der Waals surface area contributed by atoms with Crippen LogP contribution in [0.5, 0.6) is 0 Å². The third kappa shape index (κ3) is 4.17. The summed E-state index contributed by atoms with van der Waals surface area (Å²) in [6.45, 7) is 2.87. The van der Waals surface area contributed by atoms with Crippen LogP contribution in [0.25, 0.3) is 10.2 Å². The second kappa shape index (κ2) is 8.27. The summed E-state index contributed by atoms with van der Waals surface area (Å²) in [6.07, 6.45) is 4.71. The molecule has 4 rings (SSSR count). The molecule has 1 amide bonds. The zero-order chi connectivity index (χ0) is 19.5. The molecule has 0 saturated heterocycles. The van der Waals surface area contributed by atoms with E-state index in [2.05, 4.69) is 34.3 Å². The molecule has 2 heterocycles. The van der Waals surface area contributed by atoms with Crippen molar-refractivity contribution in [2.75, 3.05) is 6.54 Å². The molecular weight excluding hydrogens is 370 g/mol. The van der Waals surface area contributed by atoms with Crippen molar-refractivity contribution in [3.8, 4) is 0 Å². The first-order chi connectivity index (χ1) is 13.6. The fourth-order valence-corrected chi connectivity index (χ4v) is 5.23. The molecule has 146 valence electrons. The van der Waals surface area contributed by atoms with Gasteiger partial charge in [-0.05, 0) is 42.7 Å². The predicted molar refractivity (Wildman–Crippen MR) is 113 cm³/mol. The molecule has 3 aromatic rings. The number of carbonyl (C=O) groups excluding carboxylic acids is 1. The highest BCUT2D eigenvalue weighted by Crippen LogP contribution is 2.35. The van der Waals surface area contributed by atoms with Crippen LogP contribution >= 0.6 is 11.3 Å². The number of hydrogen-bond donors (Lipinski definition) is 2. The van der Waals surface area contributed by atoms with Crippen LogP contribution in [0, 0.1) is 5.92 Å². The van der Waals surface area contributed by atoms with Gasteiger partial charge in [-0.1, -0.05) is 37.3 Å². The van der Waals surface area contributed by atoms with Crippen molar-refractivity contribution >= 4 is 27.5 Å². The fraction of sp³-hybridized carbons (Fsp3) is 0.409. The summed E-state index contributed by atoms with van der Waals surface area (Å²) in [5.41, 5.74) is 2.34. The highest BCUT2D eigenvalue weighted by atomic mass is 32.1. The van der Waals surface area contributed by atoms with Gasteiger partial charge < -0.3 is 10.3 Å². The lowest BCUT2D eigenvalue weighted by Gasteiger charge is -2.17. The Labute approximate surface area is 168 Å². The van der Waals surface area contributed by atoms with E-state index >= 15 is 0 Å². The van der Waals surface area contributed by atoms with Crippen molar-refractivity contribution in [2.45, 2.75) is 45.4 Å². The molecule has 0 bridgehead atoms. The van der Waals surface area contributed by atoms with Crippen molar-refractivity contribution in [1.82, 2.24) is 15.3 Å². The van der Waals surface area contributed by atoms with Crippen molar-refractivity contribution in [3.63, 3.8) is 0 Å². The second-order valence-corrected chi connectivity index (χ2v) is 8.71. The third-order valence-corrected chi connectivity index (χ3v) is 6.53. The predicted octanol–water partition coefficient (Wildman–Crippen LogP) is 3.40. The van der Waals surface area contributed by atoms with Gasteiger partial charge in [0.2, 0.25) is 5.91 Å². The van der Waals surface area contributed by atoms with E-state index in [4.69, 9.17) is 0 Å².